The van der Waals surface area contributed by atoms with Crippen LogP contribution < -0.4 is 0 Å². The molecule has 122 valence electrons. The third-order valence-electron chi connectivity index (χ3n) is 3.40. The van der Waals surface area contributed by atoms with Crippen molar-refractivity contribution in [3.63, 3.8) is 0 Å². The van der Waals surface area contributed by atoms with Crippen molar-refractivity contribution in [3.05, 3.63) is 12.2 Å². The van der Waals surface area contributed by atoms with Gasteiger partial charge in [0.1, 0.15) is 6.10 Å². The third kappa shape index (κ3) is 13.4. The average molecular weight is 298 g/mol. The van der Waals surface area contributed by atoms with E-state index in [0.29, 0.717) is 0 Å². The fourth-order valence-corrected chi connectivity index (χ4v) is 2.20. The van der Waals surface area contributed by atoms with E-state index in [1.54, 1.807) is 0 Å². The maximum absolute atomic E-state index is 11.6. The molecule has 0 fully saturated rings. The molecule has 1 atom stereocenters. The summed E-state index contributed by atoms with van der Waals surface area (Å²) < 4.78 is 5.36. The molecule has 0 aliphatic carbocycles. The van der Waals surface area contributed by atoms with Crippen molar-refractivity contribution >= 4 is 11.9 Å². The summed E-state index contributed by atoms with van der Waals surface area (Å²) in [4.78, 5) is 21.9. The minimum Gasteiger partial charge on any atom is -0.478 e. The van der Waals surface area contributed by atoms with Gasteiger partial charge in [0.15, 0.2) is 0 Å². The predicted octanol–water partition coefficient (Wildman–Crippen LogP) is 4.48. The highest BCUT2D eigenvalue weighted by atomic mass is 16.5. The molecule has 0 heterocycles. The Morgan fingerprint density at radius 1 is 0.905 bits per heavy atom. The zero-order valence-electron chi connectivity index (χ0n) is 13.5. The summed E-state index contributed by atoms with van der Waals surface area (Å²) in [6.45, 7) is 4.32. The highest BCUT2D eigenvalue weighted by Gasteiger charge is 2.12. The van der Waals surface area contributed by atoms with E-state index in [-0.39, 0.29) is 6.10 Å². The van der Waals surface area contributed by atoms with Gasteiger partial charge in [0, 0.05) is 12.2 Å². The summed E-state index contributed by atoms with van der Waals surface area (Å²) in [5, 5.41) is 8.50. The number of unbranched alkanes of at least 4 members (excludes halogenated alkanes) is 6. The molecule has 1 N–H and O–H groups in total. The summed E-state index contributed by atoms with van der Waals surface area (Å²) in [7, 11) is 0. The highest BCUT2D eigenvalue weighted by molar-refractivity contribution is 5.90. The number of ether oxygens (including phenoxy) is 1. The second kappa shape index (κ2) is 13.7. The molecule has 0 radical (unpaired) electrons. The Bertz CT molecular complexity index is 310. The normalized spacial score (nSPS) is 12.5. The number of hydrogen-bond donors (Lipinski definition) is 1. The van der Waals surface area contributed by atoms with E-state index in [1.807, 2.05) is 0 Å². The minimum absolute atomic E-state index is 0.0795. The summed E-state index contributed by atoms with van der Waals surface area (Å²) >= 11 is 0. The van der Waals surface area contributed by atoms with Gasteiger partial charge in [-0.15, -0.1) is 0 Å². The van der Waals surface area contributed by atoms with Crippen LogP contribution in [0.2, 0.25) is 0 Å². The molecular weight excluding hydrogens is 268 g/mol. The lowest BCUT2D eigenvalue weighted by Crippen LogP contribution is -2.17. The van der Waals surface area contributed by atoms with Crippen molar-refractivity contribution in [2.45, 2.75) is 84.2 Å². The lowest BCUT2D eigenvalue weighted by molar-refractivity contribution is -0.144. The van der Waals surface area contributed by atoms with Crippen molar-refractivity contribution in [2.75, 3.05) is 0 Å². The SMILES string of the molecule is CCCCCCCC(CCCCC)OC(=O)/C=C/C(=O)O. The molecule has 0 saturated heterocycles. The molecule has 4 nitrogen and oxygen atoms in total. The second-order valence-corrected chi connectivity index (χ2v) is 5.43. The zero-order valence-corrected chi connectivity index (χ0v) is 13.5. The lowest BCUT2D eigenvalue weighted by Gasteiger charge is -2.17. The van der Waals surface area contributed by atoms with Crippen molar-refractivity contribution in [3.8, 4) is 0 Å². The van der Waals surface area contributed by atoms with E-state index in [1.165, 1.54) is 25.7 Å². The molecule has 0 rings (SSSR count). The molecule has 0 bridgehead atoms. The number of carboxylic acids is 1. The zero-order chi connectivity index (χ0) is 15.9. The van der Waals surface area contributed by atoms with Gasteiger partial charge < -0.3 is 9.84 Å². The maximum atomic E-state index is 11.6. The topological polar surface area (TPSA) is 63.6 Å². The summed E-state index contributed by atoms with van der Waals surface area (Å²) in [6, 6.07) is 0. The van der Waals surface area contributed by atoms with Gasteiger partial charge in [0.05, 0.1) is 0 Å². The number of aliphatic carboxylic acids is 1. The summed E-state index contributed by atoms with van der Waals surface area (Å²) in [5.74, 6) is -1.68. The number of carbonyl (C=O) groups is 2. The van der Waals surface area contributed by atoms with Crippen LogP contribution in [0.1, 0.15) is 78.1 Å². The molecular formula is C17H30O4. The number of hydrogen-bond acceptors (Lipinski definition) is 3. The van der Waals surface area contributed by atoms with Crippen LogP contribution in [0.25, 0.3) is 0 Å². The molecule has 0 aromatic carbocycles. The smallest absolute Gasteiger partial charge is 0.331 e. The Labute approximate surface area is 128 Å². The van der Waals surface area contributed by atoms with Gasteiger partial charge in [-0.3, -0.25) is 0 Å². The largest absolute Gasteiger partial charge is 0.478 e. The monoisotopic (exact) mass is 298 g/mol. The Kier molecular flexibility index (Phi) is 12.8. The second-order valence-electron chi connectivity index (χ2n) is 5.43. The minimum atomic E-state index is -1.13. The first-order valence-electron chi connectivity index (χ1n) is 8.21. The van der Waals surface area contributed by atoms with Crippen LogP contribution in [0.5, 0.6) is 0 Å². The molecule has 1 unspecified atom stereocenters. The summed E-state index contributed by atoms with van der Waals surface area (Å²) in [6.07, 6.45) is 12.7. The molecule has 0 amide bonds. The van der Waals surface area contributed by atoms with E-state index >= 15 is 0 Å². The van der Waals surface area contributed by atoms with Crippen LogP contribution in [0.4, 0.5) is 0 Å². The standard InChI is InChI=1S/C17H30O4/c1-3-5-7-8-10-12-15(11-9-6-4-2)21-17(20)14-13-16(18)19/h13-15H,3-12H2,1-2H3,(H,18,19)/b14-13+. The van der Waals surface area contributed by atoms with Crippen molar-refractivity contribution < 1.29 is 19.4 Å². The molecule has 4 heteroatoms. The maximum Gasteiger partial charge on any atom is 0.331 e. The van der Waals surface area contributed by atoms with Crippen LogP contribution in [-0.2, 0) is 14.3 Å². The van der Waals surface area contributed by atoms with Gasteiger partial charge >= 0.3 is 11.9 Å². The molecule has 0 spiro atoms. The molecule has 0 aliphatic rings. The first kappa shape index (κ1) is 19.7. The van der Waals surface area contributed by atoms with E-state index in [9.17, 15) is 9.59 Å². The van der Waals surface area contributed by atoms with Crippen molar-refractivity contribution in [2.24, 2.45) is 0 Å². The van der Waals surface area contributed by atoms with Crippen molar-refractivity contribution in [1.82, 2.24) is 0 Å². The molecule has 21 heavy (non-hydrogen) atoms. The fourth-order valence-electron chi connectivity index (χ4n) is 2.20. The number of esters is 1. The number of rotatable bonds is 13. The highest BCUT2D eigenvalue weighted by Crippen LogP contribution is 2.15. The first-order chi connectivity index (χ1) is 10.1. The van der Waals surface area contributed by atoms with Gasteiger partial charge in [-0.05, 0) is 25.7 Å². The Balaban J connectivity index is 4.11. The van der Waals surface area contributed by atoms with E-state index < -0.39 is 11.9 Å². The van der Waals surface area contributed by atoms with E-state index in [4.69, 9.17) is 9.84 Å². The van der Waals surface area contributed by atoms with E-state index in [0.717, 1.165) is 50.7 Å². The Morgan fingerprint density at radius 2 is 1.43 bits per heavy atom. The molecule has 0 aromatic heterocycles. The van der Waals surface area contributed by atoms with Crippen LogP contribution in [0, 0.1) is 0 Å². The van der Waals surface area contributed by atoms with Gasteiger partial charge in [-0.25, -0.2) is 9.59 Å². The van der Waals surface area contributed by atoms with Crippen LogP contribution in [-0.4, -0.2) is 23.1 Å². The molecule has 0 aromatic rings. The average Bonchev–Trinajstić information content (AvgIpc) is 2.45. The van der Waals surface area contributed by atoms with Gasteiger partial charge in [0.2, 0.25) is 0 Å². The third-order valence-corrected chi connectivity index (χ3v) is 3.40. The van der Waals surface area contributed by atoms with Crippen molar-refractivity contribution in [1.29, 1.82) is 0 Å². The Morgan fingerprint density at radius 3 is 2.00 bits per heavy atom. The summed E-state index contributed by atoms with van der Waals surface area (Å²) in [5.41, 5.74) is 0. The quantitative estimate of drug-likeness (QED) is 0.309. The molecule has 0 saturated carbocycles. The van der Waals surface area contributed by atoms with Gasteiger partial charge in [-0.1, -0.05) is 52.4 Å². The van der Waals surface area contributed by atoms with Crippen LogP contribution >= 0.6 is 0 Å². The number of carbonyl (C=O) groups excluding carboxylic acids is 1. The molecule has 0 aliphatic heterocycles. The first-order valence-corrected chi connectivity index (χ1v) is 8.21. The predicted molar refractivity (Wildman–Crippen MR) is 84.2 cm³/mol. The van der Waals surface area contributed by atoms with Crippen LogP contribution in [0.15, 0.2) is 12.2 Å². The van der Waals surface area contributed by atoms with Gasteiger partial charge in [-0.2, -0.15) is 0 Å². The number of carboxylic acid groups (broad SMARTS) is 1. The Hall–Kier alpha value is -1.32. The van der Waals surface area contributed by atoms with Crippen LogP contribution in [0.3, 0.4) is 0 Å². The fraction of sp³-hybridized carbons (Fsp3) is 0.765. The van der Waals surface area contributed by atoms with E-state index in [2.05, 4.69) is 13.8 Å². The van der Waals surface area contributed by atoms with Gasteiger partial charge in [0.25, 0.3) is 0 Å². The lowest BCUT2D eigenvalue weighted by atomic mass is 10.0.